The van der Waals surface area contributed by atoms with E-state index in [0.717, 1.165) is 76.9 Å². The highest BCUT2D eigenvalue weighted by Gasteiger charge is 2.43. The van der Waals surface area contributed by atoms with Crippen molar-refractivity contribution in [1.29, 1.82) is 0 Å². The number of unbranched alkanes of at least 4 members (excludes halogenated alkanes) is 1. The largest absolute Gasteiger partial charge is 0.355 e. The smallest absolute Gasteiger partial charge is 0.230 e. The minimum Gasteiger partial charge on any atom is -0.355 e. The van der Waals surface area contributed by atoms with Crippen molar-refractivity contribution in [3.05, 3.63) is 46.9 Å². The lowest BCUT2D eigenvalue weighted by molar-refractivity contribution is -0.129. The number of hydrogen-bond acceptors (Lipinski definition) is 4. The Balaban J connectivity index is 1.52. The minimum atomic E-state index is -0.369. The number of aldehydes is 1. The van der Waals surface area contributed by atoms with E-state index in [1.807, 2.05) is 0 Å². The zero-order valence-corrected chi connectivity index (χ0v) is 21.3. The van der Waals surface area contributed by atoms with Crippen LogP contribution in [-0.2, 0) is 14.4 Å². The molecule has 0 radical (unpaired) electrons. The fourth-order valence-electron chi connectivity index (χ4n) is 5.40. The van der Waals surface area contributed by atoms with Crippen LogP contribution in [0.15, 0.2) is 46.9 Å². The number of thioether (sulfide) groups is 1. The predicted octanol–water partition coefficient (Wildman–Crippen LogP) is 5.40. The number of carbonyl (C=O) groups is 3. The summed E-state index contributed by atoms with van der Waals surface area (Å²) in [5.41, 5.74) is 2.09. The Hall–Kier alpha value is -2.08. The number of allylic oxidation sites excluding steroid dienone is 6. The zero-order chi connectivity index (χ0) is 24.2. The van der Waals surface area contributed by atoms with Gasteiger partial charge in [-0.25, -0.2) is 0 Å². The molecule has 186 valence electrons. The zero-order valence-electron chi connectivity index (χ0n) is 20.5. The summed E-state index contributed by atoms with van der Waals surface area (Å²) in [6, 6.07) is 0. The van der Waals surface area contributed by atoms with Crippen LogP contribution in [0.2, 0.25) is 0 Å². The van der Waals surface area contributed by atoms with Crippen molar-refractivity contribution in [2.24, 2.45) is 11.3 Å². The van der Waals surface area contributed by atoms with Gasteiger partial charge in [0.15, 0.2) is 0 Å². The first-order chi connectivity index (χ1) is 16.6. The van der Waals surface area contributed by atoms with Crippen molar-refractivity contribution in [2.45, 2.75) is 82.8 Å². The highest BCUT2D eigenvalue weighted by molar-refractivity contribution is 8.02. The van der Waals surface area contributed by atoms with E-state index in [1.165, 1.54) is 11.1 Å². The second-order valence-electron chi connectivity index (χ2n) is 9.75. The maximum absolute atomic E-state index is 13.4. The van der Waals surface area contributed by atoms with Gasteiger partial charge >= 0.3 is 0 Å². The third kappa shape index (κ3) is 7.21. The third-order valence-corrected chi connectivity index (χ3v) is 8.62. The molecule has 1 heterocycles. The molecule has 5 nitrogen and oxygen atoms in total. The average Bonchev–Trinajstić information content (AvgIpc) is 3.03. The SMILES string of the molecule is CC1=CC=C(C2(C(=O)NCCCCC(C(=O)NCC=O)C3CCCC=CS3)CCCC2)CC=C1. The summed E-state index contributed by atoms with van der Waals surface area (Å²) in [6.07, 6.45) is 22.1. The summed E-state index contributed by atoms with van der Waals surface area (Å²) in [4.78, 5) is 36.8. The van der Waals surface area contributed by atoms with Gasteiger partial charge in [-0.05, 0) is 63.7 Å². The number of carbonyl (C=O) groups excluding carboxylic acids is 3. The Kier molecular flexibility index (Phi) is 10.7. The van der Waals surface area contributed by atoms with Crippen molar-refractivity contribution >= 4 is 29.9 Å². The van der Waals surface area contributed by atoms with Crippen LogP contribution in [0.25, 0.3) is 0 Å². The Bertz CT molecular complexity index is 837. The minimum absolute atomic E-state index is 0.0226. The van der Waals surface area contributed by atoms with E-state index in [2.05, 4.69) is 53.3 Å². The number of hydrogen-bond donors (Lipinski definition) is 2. The lowest BCUT2D eigenvalue weighted by atomic mass is 9.75. The van der Waals surface area contributed by atoms with Crippen LogP contribution < -0.4 is 10.6 Å². The quantitative estimate of drug-likeness (QED) is 0.304. The monoisotopic (exact) mass is 484 g/mol. The number of nitrogens with one attached hydrogen (secondary N) is 2. The number of amides is 2. The van der Waals surface area contributed by atoms with Gasteiger partial charge in [-0.1, -0.05) is 60.8 Å². The molecule has 34 heavy (non-hydrogen) atoms. The fourth-order valence-corrected chi connectivity index (χ4v) is 6.60. The van der Waals surface area contributed by atoms with E-state index in [9.17, 15) is 14.4 Å². The van der Waals surface area contributed by atoms with Crippen molar-refractivity contribution in [3.63, 3.8) is 0 Å². The highest BCUT2D eigenvalue weighted by atomic mass is 32.2. The molecule has 2 aliphatic carbocycles. The molecule has 2 atom stereocenters. The van der Waals surface area contributed by atoms with E-state index in [4.69, 9.17) is 0 Å². The lowest BCUT2D eigenvalue weighted by Gasteiger charge is -2.30. The lowest BCUT2D eigenvalue weighted by Crippen LogP contribution is -2.41. The van der Waals surface area contributed by atoms with Crippen molar-refractivity contribution in [2.75, 3.05) is 13.1 Å². The second kappa shape index (κ2) is 13.7. The number of rotatable bonds is 11. The van der Waals surface area contributed by atoms with Gasteiger partial charge in [-0.15, -0.1) is 11.8 Å². The van der Waals surface area contributed by atoms with Gasteiger partial charge in [0.05, 0.1) is 17.9 Å². The van der Waals surface area contributed by atoms with Gasteiger partial charge in [-0.3, -0.25) is 9.59 Å². The maximum atomic E-state index is 13.4. The average molecular weight is 485 g/mol. The Morgan fingerprint density at radius 3 is 2.76 bits per heavy atom. The van der Waals surface area contributed by atoms with Crippen LogP contribution in [0.1, 0.15) is 77.6 Å². The third-order valence-electron chi connectivity index (χ3n) is 7.35. The van der Waals surface area contributed by atoms with Crippen molar-refractivity contribution in [1.82, 2.24) is 10.6 Å². The molecule has 0 saturated heterocycles. The molecule has 1 fully saturated rings. The standard InChI is InChI=1S/C28H40N2O3S/c1-22-10-9-11-23(15-14-22)28(16-5-6-17-28)27(33)30-18-7-4-12-24(26(32)29-19-20-31)25-13-3-2-8-21-34-25/h8-10,14-15,20-21,24-25H,2-7,11-13,16-19H2,1H3,(H,29,32)(H,30,33). The molecular weight excluding hydrogens is 444 g/mol. The molecule has 1 saturated carbocycles. The molecule has 6 heteroatoms. The first-order valence-corrected chi connectivity index (χ1v) is 13.9. The molecule has 2 unspecified atom stereocenters. The van der Waals surface area contributed by atoms with Crippen LogP contribution in [0, 0.1) is 11.3 Å². The molecule has 3 rings (SSSR count). The first-order valence-electron chi connectivity index (χ1n) is 12.9. The van der Waals surface area contributed by atoms with Crippen molar-refractivity contribution < 1.29 is 14.4 Å². The molecule has 0 bridgehead atoms. The second-order valence-corrected chi connectivity index (χ2v) is 10.9. The van der Waals surface area contributed by atoms with Gasteiger partial charge in [0.25, 0.3) is 0 Å². The van der Waals surface area contributed by atoms with Crippen molar-refractivity contribution in [3.8, 4) is 0 Å². The molecule has 3 aliphatic rings. The summed E-state index contributed by atoms with van der Waals surface area (Å²) in [5, 5.41) is 8.36. The highest BCUT2D eigenvalue weighted by Crippen LogP contribution is 2.46. The van der Waals surface area contributed by atoms with Crippen LogP contribution >= 0.6 is 11.8 Å². The van der Waals surface area contributed by atoms with Crippen LogP contribution in [0.5, 0.6) is 0 Å². The van der Waals surface area contributed by atoms with E-state index < -0.39 is 0 Å². The Morgan fingerprint density at radius 1 is 1.15 bits per heavy atom. The van der Waals surface area contributed by atoms with E-state index in [0.29, 0.717) is 6.54 Å². The normalized spacial score (nSPS) is 22.7. The van der Waals surface area contributed by atoms with Crippen LogP contribution in [0.4, 0.5) is 0 Å². The molecule has 1 aliphatic heterocycles. The molecule has 0 aromatic heterocycles. The van der Waals surface area contributed by atoms with Crippen LogP contribution in [-0.4, -0.2) is 36.4 Å². The van der Waals surface area contributed by atoms with Gasteiger partial charge in [0.2, 0.25) is 11.8 Å². The maximum Gasteiger partial charge on any atom is 0.230 e. The Labute approximate surface area is 209 Å². The summed E-state index contributed by atoms with van der Waals surface area (Å²) < 4.78 is 0. The van der Waals surface area contributed by atoms with E-state index in [-0.39, 0.29) is 34.9 Å². The summed E-state index contributed by atoms with van der Waals surface area (Å²) >= 11 is 1.74. The topological polar surface area (TPSA) is 75.3 Å². The predicted molar refractivity (Wildman–Crippen MR) is 140 cm³/mol. The molecule has 2 N–H and O–H groups in total. The summed E-state index contributed by atoms with van der Waals surface area (Å²) in [7, 11) is 0. The Morgan fingerprint density at radius 2 is 1.97 bits per heavy atom. The van der Waals surface area contributed by atoms with Gasteiger partial charge < -0.3 is 15.4 Å². The summed E-state index contributed by atoms with van der Waals surface area (Å²) in [5.74, 6) is 0.0374. The molecule has 0 aromatic carbocycles. The van der Waals surface area contributed by atoms with Gasteiger partial charge in [-0.2, -0.15) is 0 Å². The van der Waals surface area contributed by atoms with Crippen LogP contribution in [0.3, 0.4) is 0 Å². The van der Waals surface area contributed by atoms with Gasteiger partial charge in [0, 0.05) is 11.8 Å². The fraction of sp³-hybridized carbons (Fsp3) is 0.607. The summed E-state index contributed by atoms with van der Waals surface area (Å²) in [6.45, 7) is 2.80. The van der Waals surface area contributed by atoms with E-state index in [1.54, 1.807) is 11.8 Å². The molecule has 0 aromatic rings. The van der Waals surface area contributed by atoms with Gasteiger partial charge in [0.1, 0.15) is 6.29 Å². The molecule has 2 amide bonds. The first kappa shape index (κ1) is 26.5. The van der Waals surface area contributed by atoms with E-state index >= 15 is 0 Å². The molecule has 0 spiro atoms. The molecular formula is C28H40N2O3S.